The molecule has 1 aromatic rings. The van der Waals surface area contributed by atoms with E-state index in [1.165, 1.54) is 0 Å². The van der Waals surface area contributed by atoms with Crippen LogP contribution in [0.4, 0.5) is 9.18 Å². The molecule has 0 spiro atoms. The lowest BCUT2D eigenvalue weighted by atomic mass is 9.80. The molecule has 1 aliphatic heterocycles. The molecule has 2 rings (SSSR count). The average Bonchev–Trinajstić information content (AvgIpc) is 2.27. The SMILES string of the molecule is Cc1cc(Br)cc([C@@H]2NC(=O)OCC2(C)C)c1F.Cl. The van der Waals surface area contributed by atoms with Crippen molar-refractivity contribution in [2.45, 2.75) is 26.8 Å². The lowest BCUT2D eigenvalue weighted by molar-refractivity contribution is 0.0377. The second-order valence-electron chi connectivity index (χ2n) is 5.27. The monoisotopic (exact) mass is 351 g/mol. The minimum atomic E-state index is -0.503. The van der Waals surface area contributed by atoms with Gasteiger partial charge in [-0.15, -0.1) is 12.4 Å². The van der Waals surface area contributed by atoms with Crippen molar-refractivity contribution >= 4 is 34.4 Å². The van der Waals surface area contributed by atoms with Gasteiger partial charge >= 0.3 is 6.09 Å². The van der Waals surface area contributed by atoms with Crippen LogP contribution in [0.1, 0.15) is 31.0 Å². The van der Waals surface area contributed by atoms with Crippen LogP contribution < -0.4 is 5.32 Å². The maximum Gasteiger partial charge on any atom is 0.407 e. The zero-order valence-electron chi connectivity index (χ0n) is 10.9. The fourth-order valence-electron chi connectivity index (χ4n) is 2.15. The van der Waals surface area contributed by atoms with E-state index < -0.39 is 12.1 Å². The number of halogens is 3. The lowest BCUT2D eigenvalue weighted by Crippen LogP contribution is -2.47. The number of carbonyl (C=O) groups is 1. The molecule has 6 heteroatoms. The molecule has 0 aliphatic carbocycles. The number of aryl methyl sites for hydroxylation is 1. The van der Waals surface area contributed by atoms with Crippen molar-refractivity contribution < 1.29 is 13.9 Å². The number of nitrogens with one attached hydrogen (secondary N) is 1. The van der Waals surface area contributed by atoms with Crippen LogP contribution in [-0.4, -0.2) is 12.7 Å². The number of cyclic esters (lactones) is 1. The van der Waals surface area contributed by atoms with Crippen LogP contribution in [-0.2, 0) is 4.74 Å². The predicted molar refractivity (Wildman–Crippen MR) is 77.1 cm³/mol. The normalized spacial score (nSPS) is 21.1. The number of alkyl carbamates (subject to hydrolysis) is 1. The molecule has 0 aromatic heterocycles. The van der Waals surface area contributed by atoms with E-state index in [1.807, 2.05) is 13.8 Å². The second kappa shape index (κ2) is 5.67. The van der Waals surface area contributed by atoms with Gasteiger partial charge in [0.05, 0.1) is 6.04 Å². The van der Waals surface area contributed by atoms with E-state index in [4.69, 9.17) is 4.74 Å². The van der Waals surface area contributed by atoms with Crippen LogP contribution in [0.25, 0.3) is 0 Å². The first-order valence-corrected chi connectivity index (χ1v) is 6.49. The van der Waals surface area contributed by atoms with Gasteiger partial charge in [-0.3, -0.25) is 0 Å². The molecular weight excluding hydrogens is 337 g/mol. The highest BCUT2D eigenvalue weighted by atomic mass is 79.9. The average molecular weight is 353 g/mol. The molecule has 1 heterocycles. The number of benzene rings is 1. The molecular formula is C13H16BrClFNO2. The Bertz CT molecular complexity index is 508. The molecule has 3 nitrogen and oxygen atoms in total. The first-order valence-electron chi connectivity index (χ1n) is 5.70. The minimum absolute atomic E-state index is 0. The van der Waals surface area contributed by atoms with Gasteiger partial charge in [-0.05, 0) is 24.6 Å². The highest BCUT2D eigenvalue weighted by molar-refractivity contribution is 9.10. The molecule has 0 bridgehead atoms. The Labute approximate surface area is 126 Å². The number of hydrogen-bond donors (Lipinski definition) is 1. The number of carbonyl (C=O) groups excluding carboxylic acids is 1. The standard InChI is InChI=1S/C13H15BrFNO2.ClH/c1-7-4-8(14)5-9(10(7)15)11-13(2,3)6-18-12(17)16-11;/h4-5,11H,6H2,1-3H3,(H,16,17);1H/t11-;/m0./s1. The van der Waals surface area contributed by atoms with E-state index in [1.54, 1.807) is 19.1 Å². The highest BCUT2D eigenvalue weighted by Gasteiger charge is 2.39. The van der Waals surface area contributed by atoms with E-state index in [9.17, 15) is 9.18 Å². The molecule has 19 heavy (non-hydrogen) atoms. The summed E-state index contributed by atoms with van der Waals surface area (Å²) < 4.78 is 20.0. The van der Waals surface area contributed by atoms with Crippen molar-refractivity contribution in [1.82, 2.24) is 5.32 Å². The van der Waals surface area contributed by atoms with Crippen LogP contribution >= 0.6 is 28.3 Å². The molecule has 1 saturated heterocycles. The van der Waals surface area contributed by atoms with Crippen molar-refractivity contribution in [3.05, 3.63) is 33.5 Å². The van der Waals surface area contributed by atoms with Crippen LogP contribution in [0, 0.1) is 18.2 Å². The smallest absolute Gasteiger partial charge is 0.407 e. The third kappa shape index (κ3) is 3.20. The maximum absolute atomic E-state index is 14.2. The first kappa shape index (κ1) is 16.2. The van der Waals surface area contributed by atoms with Gasteiger partial charge in [0.2, 0.25) is 0 Å². The highest BCUT2D eigenvalue weighted by Crippen LogP contribution is 2.39. The molecule has 1 N–H and O–H groups in total. The summed E-state index contributed by atoms with van der Waals surface area (Å²) in [6.45, 7) is 5.85. The number of amides is 1. The van der Waals surface area contributed by atoms with Crippen molar-refractivity contribution in [3.8, 4) is 0 Å². The van der Waals surface area contributed by atoms with Gasteiger partial charge < -0.3 is 10.1 Å². The summed E-state index contributed by atoms with van der Waals surface area (Å²) in [5.41, 5.74) is 0.682. The zero-order chi connectivity index (χ0) is 13.5. The van der Waals surface area contributed by atoms with Gasteiger partial charge in [0.1, 0.15) is 12.4 Å². The topological polar surface area (TPSA) is 38.3 Å². The van der Waals surface area contributed by atoms with Gasteiger partial charge in [0, 0.05) is 15.5 Å². The van der Waals surface area contributed by atoms with E-state index in [0.29, 0.717) is 11.1 Å². The largest absolute Gasteiger partial charge is 0.449 e. The van der Waals surface area contributed by atoms with Gasteiger partial charge in [-0.2, -0.15) is 0 Å². The summed E-state index contributed by atoms with van der Waals surface area (Å²) >= 11 is 3.36. The minimum Gasteiger partial charge on any atom is -0.449 e. The summed E-state index contributed by atoms with van der Waals surface area (Å²) in [6, 6.07) is 3.03. The molecule has 0 saturated carbocycles. The van der Waals surface area contributed by atoms with Crippen LogP contribution in [0.3, 0.4) is 0 Å². The summed E-state index contributed by atoms with van der Waals surface area (Å²) in [5, 5.41) is 2.70. The summed E-state index contributed by atoms with van der Waals surface area (Å²) in [7, 11) is 0. The Morgan fingerprint density at radius 1 is 1.47 bits per heavy atom. The van der Waals surface area contributed by atoms with E-state index in [-0.39, 0.29) is 30.2 Å². The molecule has 106 valence electrons. The van der Waals surface area contributed by atoms with E-state index >= 15 is 0 Å². The van der Waals surface area contributed by atoms with Gasteiger partial charge in [-0.1, -0.05) is 29.8 Å². The molecule has 1 aromatic carbocycles. The van der Waals surface area contributed by atoms with Crippen molar-refractivity contribution in [1.29, 1.82) is 0 Å². The van der Waals surface area contributed by atoms with Gasteiger partial charge in [-0.25, -0.2) is 9.18 Å². The van der Waals surface area contributed by atoms with Crippen molar-refractivity contribution in [2.75, 3.05) is 6.61 Å². The molecule has 1 fully saturated rings. The third-order valence-corrected chi connectivity index (χ3v) is 3.64. The Kier molecular flexibility index (Phi) is 4.85. The van der Waals surface area contributed by atoms with E-state index in [2.05, 4.69) is 21.2 Å². The quantitative estimate of drug-likeness (QED) is 0.825. The zero-order valence-corrected chi connectivity index (χ0v) is 13.3. The van der Waals surface area contributed by atoms with Crippen LogP contribution in [0.5, 0.6) is 0 Å². The Morgan fingerprint density at radius 3 is 2.74 bits per heavy atom. The number of rotatable bonds is 1. The van der Waals surface area contributed by atoms with E-state index in [0.717, 1.165) is 4.47 Å². The van der Waals surface area contributed by atoms with Crippen molar-refractivity contribution in [2.24, 2.45) is 5.41 Å². The number of ether oxygens (including phenoxy) is 1. The van der Waals surface area contributed by atoms with Gasteiger partial charge in [0.15, 0.2) is 0 Å². The maximum atomic E-state index is 14.2. The molecule has 0 unspecified atom stereocenters. The Balaban J connectivity index is 0.00000180. The van der Waals surface area contributed by atoms with Gasteiger partial charge in [0.25, 0.3) is 0 Å². The Morgan fingerprint density at radius 2 is 2.11 bits per heavy atom. The summed E-state index contributed by atoms with van der Waals surface area (Å²) in [4.78, 5) is 11.3. The van der Waals surface area contributed by atoms with Crippen LogP contribution in [0.2, 0.25) is 0 Å². The fourth-order valence-corrected chi connectivity index (χ4v) is 2.74. The summed E-state index contributed by atoms with van der Waals surface area (Å²) in [6.07, 6.45) is -0.503. The molecule has 1 atom stereocenters. The number of hydrogen-bond acceptors (Lipinski definition) is 2. The predicted octanol–water partition coefficient (Wildman–Crippen LogP) is 4.13. The second-order valence-corrected chi connectivity index (χ2v) is 6.18. The fraction of sp³-hybridized carbons (Fsp3) is 0.462. The summed E-state index contributed by atoms with van der Waals surface area (Å²) in [5.74, 6) is -0.279. The van der Waals surface area contributed by atoms with Crippen molar-refractivity contribution in [3.63, 3.8) is 0 Å². The first-order chi connectivity index (χ1) is 8.31. The molecule has 0 radical (unpaired) electrons. The molecule has 1 amide bonds. The Hall–Kier alpha value is -0.810. The third-order valence-electron chi connectivity index (χ3n) is 3.18. The lowest BCUT2D eigenvalue weighted by Gasteiger charge is -2.38. The van der Waals surface area contributed by atoms with Crippen LogP contribution in [0.15, 0.2) is 16.6 Å². The molecule has 1 aliphatic rings.